The van der Waals surface area contributed by atoms with Crippen molar-refractivity contribution in [1.82, 2.24) is 0 Å². The van der Waals surface area contributed by atoms with Crippen molar-refractivity contribution in [3.05, 3.63) is 194 Å². The van der Waals surface area contributed by atoms with Crippen molar-refractivity contribution in [1.29, 1.82) is 0 Å². The molecule has 0 aliphatic heterocycles. The molecule has 8 rings (SSSR count). The van der Waals surface area contributed by atoms with Gasteiger partial charge in [0, 0.05) is 0 Å². The second-order valence-corrected chi connectivity index (χ2v) is 33.8. The summed E-state index contributed by atoms with van der Waals surface area (Å²) in [7, 11) is -3.07. The summed E-state index contributed by atoms with van der Waals surface area (Å²) in [5.41, 5.74) is 16.6. The Kier molecular flexibility index (Phi) is 18.6. The molecule has 0 amide bonds. The molecule has 7 aromatic rings. The first-order chi connectivity index (χ1) is 29.0. The van der Waals surface area contributed by atoms with E-state index in [4.69, 9.17) is 0 Å². The van der Waals surface area contributed by atoms with Crippen molar-refractivity contribution in [2.24, 2.45) is 0 Å². The molecule has 0 aromatic heterocycles. The van der Waals surface area contributed by atoms with E-state index in [0.29, 0.717) is 0 Å². The monoisotopic (exact) mass is 1120 g/mol. The Hall–Kier alpha value is -2.60. The Morgan fingerprint density at radius 3 is 1.41 bits per heavy atom. The van der Waals surface area contributed by atoms with E-state index in [-0.39, 0.29) is 35.6 Å². The molecule has 7 heteroatoms. The van der Waals surface area contributed by atoms with Gasteiger partial charge in [-0.25, -0.2) is 12.1 Å². The van der Waals surface area contributed by atoms with Gasteiger partial charge in [0.1, 0.15) is 0 Å². The van der Waals surface area contributed by atoms with Gasteiger partial charge in [0.25, 0.3) is 0 Å². The molecule has 0 N–H and O–H groups in total. The summed E-state index contributed by atoms with van der Waals surface area (Å²) in [6, 6.07) is 56.9. The molecule has 0 spiro atoms. The quantitative estimate of drug-likeness (QED) is 0.115. The van der Waals surface area contributed by atoms with Crippen LogP contribution in [-0.4, -0.2) is 19.4 Å². The summed E-state index contributed by atoms with van der Waals surface area (Å²) < 4.78 is 3.62. The maximum Gasteiger partial charge on any atom is 0.0784 e. The molecule has 0 heterocycles. The van der Waals surface area contributed by atoms with Crippen molar-refractivity contribution in [2.45, 2.75) is 98.1 Å². The van der Waals surface area contributed by atoms with E-state index in [1.54, 1.807) is 5.19 Å². The molecule has 0 nitrogen and oxygen atoms in total. The molecule has 1 aliphatic carbocycles. The average Bonchev–Trinajstić information content (AvgIpc) is 3.91. The Bertz CT molecular complexity index is 2470. The van der Waals surface area contributed by atoms with Crippen LogP contribution in [0.1, 0.15) is 74.9 Å². The fourth-order valence-corrected chi connectivity index (χ4v) is 12.9. The summed E-state index contributed by atoms with van der Waals surface area (Å²) in [6.45, 7) is 29.0. The average molecular weight is 1130 g/mol. The first kappa shape index (κ1) is 54.0. The van der Waals surface area contributed by atoms with E-state index >= 15 is 0 Å². The van der Waals surface area contributed by atoms with E-state index in [2.05, 4.69) is 234 Å². The van der Waals surface area contributed by atoms with Crippen molar-refractivity contribution in [2.75, 3.05) is 0 Å². The summed E-state index contributed by atoms with van der Waals surface area (Å²) >= 11 is 8.34. The van der Waals surface area contributed by atoms with Crippen molar-refractivity contribution in [3.63, 3.8) is 0 Å². The van der Waals surface area contributed by atoms with Crippen LogP contribution in [-0.2, 0) is 41.5 Å². The molecule has 1 aliphatic rings. The molecule has 7 aromatic carbocycles. The molecular weight excluding hydrogens is 1060 g/mol. The standard InChI is InChI=1S/C39H49Si2.C13H8Br2.C5H5.2ClH.Zr/c1-38(2,3)34-24-30-26(22-32(34)28-17-13-15-19-36(28)40(7,8)9)21-27-23-33(35(25-31(27)30)39(4,5)6)29-18-14-16-20-37(29)41(10,11)12;14-12-5-1-10(2-6-12)9-11-3-7-13(15)8-4-11;1-2-4-5-3-1;;;/h13-20,22,24-25H,21H2,1-12H3;1-8H;1-5H;2*1H;/q-1;;-1;;;+2/p-2. The SMILES string of the molecule is Brc1ccc([C](=[Zr+2])c2ccc(Br)cc2)cc1.CC(C)(C)c1cc2c([c-]c1-c1ccccc1[Si](C)(C)C)Cc1cc(-c3ccccc3[Si](C)(C)C)c(C(C)(C)C)cc1-2.[Cl-].[Cl-].c1cc[cH-]c1. The van der Waals surface area contributed by atoms with E-state index in [1.807, 2.05) is 30.3 Å². The number of fused-ring (bicyclic) bond motifs is 3. The van der Waals surface area contributed by atoms with Crippen LogP contribution in [0.2, 0.25) is 39.3 Å². The minimum Gasteiger partial charge on any atom is -1.00 e. The first-order valence-electron chi connectivity index (χ1n) is 21.8. The smallest absolute Gasteiger partial charge is 0.0784 e. The molecular formula is C57H62Br2Cl2Si2Zr-2. The summed E-state index contributed by atoms with van der Waals surface area (Å²) in [5, 5.41) is 3.07. The van der Waals surface area contributed by atoms with Gasteiger partial charge in [-0.15, -0.1) is 28.8 Å². The van der Waals surface area contributed by atoms with Gasteiger partial charge in [-0.2, -0.15) is 18.2 Å². The molecule has 332 valence electrons. The predicted molar refractivity (Wildman–Crippen MR) is 281 cm³/mol. The van der Waals surface area contributed by atoms with Gasteiger partial charge in [-0.3, -0.25) is 0 Å². The van der Waals surface area contributed by atoms with E-state index in [1.165, 1.54) is 99.4 Å². The van der Waals surface area contributed by atoms with Crippen molar-refractivity contribution in [3.8, 4) is 33.4 Å². The van der Waals surface area contributed by atoms with Crippen LogP contribution >= 0.6 is 31.9 Å². The van der Waals surface area contributed by atoms with Gasteiger partial charge < -0.3 is 24.8 Å². The van der Waals surface area contributed by atoms with Gasteiger partial charge in [0.2, 0.25) is 0 Å². The van der Waals surface area contributed by atoms with Gasteiger partial charge in [0.15, 0.2) is 0 Å². The second kappa shape index (κ2) is 22.0. The van der Waals surface area contributed by atoms with Crippen LogP contribution in [0.3, 0.4) is 0 Å². The summed E-state index contributed by atoms with van der Waals surface area (Å²) in [4.78, 5) is 0. The van der Waals surface area contributed by atoms with E-state index < -0.39 is 16.1 Å². The Balaban J connectivity index is 0.000000321. The number of rotatable bonds is 6. The Labute approximate surface area is 431 Å². The third-order valence-electron chi connectivity index (χ3n) is 11.5. The summed E-state index contributed by atoms with van der Waals surface area (Å²) in [5.74, 6) is 0. The third-order valence-corrected chi connectivity index (χ3v) is 18.1. The Morgan fingerprint density at radius 1 is 0.531 bits per heavy atom. The van der Waals surface area contributed by atoms with Crippen LogP contribution in [0.5, 0.6) is 0 Å². The normalized spacial score (nSPS) is 12.0. The zero-order chi connectivity index (χ0) is 45.2. The fourth-order valence-electron chi connectivity index (χ4n) is 8.30. The minimum absolute atomic E-state index is 0. The third kappa shape index (κ3) is 13.1. The summed E-state index contributed by atoms with van der Waals surface area (Å²) in [6.07, 6.45) is 0.948. The molecule has 0 saturated carbocycles. The molecule has 0 bridgehead atoms. The van der Waals surface area contributed by atoms with Crippen LogP contribution in [0.25, 0.3) is 33.4 Å². The number of benzene rings is 6. The first-order valence-corrected chi connectivity index (χ1v) is 31.6. The van der Waals surface area contributed by atoms with Gasteiger partial charge in [-0.1, -0.05) is 169 Å². The minimum atomic E-state index is -1.54. The zero-order valence-corrected chi connectivity index (χ0v) is 48.7. The van der Waals surface area contributed by atoms with E-state index in [9.17, 15) is 0 Å². The Morgan fingerprint density at radius 2 is 0.969 bits per heavy atom. The molecule has 0 unspecified atom stereocenters. The fraction of sp³-hybridized carbons (Fsp3) is 0.263. The molecule has 0 saturated heterocycles. The number of halogens is 4. The zero-order valence-electron chi connectivity index (χ0n) is 39.6. The van der Waals surface area contributed by atoms with Crippen LogP contribution in [0.15, 0.2) is 155 Å². The van der Waals surface area contributed by atoms with Gasteiger partial charge in [0.05, 0.1) is 16.1 Å². The molecule has 0 atom stereocenters. The largest absolute Gasteiger partial charge is 1.00 e. The van der Waals surface area contributed by atoms with E-state index in [0.717, 1.165) is 15.4 Å². The number of hydrogen-bond acceptors (Lipinski definition) is 0. The van der Waals surface area contributed by atoms with Crippen LogP contribution < -0.4 is 35.2 Å². The molecule has 64 heavy (non-hydrogen) atoms. The maximum atomic E-state index is 4.06. The van der Waals surface area contributed by atoms with Gasteiger partial charge >= 0.3 is 128 Å². The van der Waals surface area contributed by atoms with Gasteiger partial charge in [-0.05, 0) is 39.5 Å². The maximum absolute atomic E-state index is 4.06. The topological polar surface area (TPSA) is 0 Å². The van der Waals surface area contributed by atoms with Crippen molar-refractivity contribution >= 4 is 61.6 Å². The number of hydrogen-bond donors (Lipinski definition) is 0. The second-order valence-electron chi connectivity index (χ2n) is 20.6. The predicted octanol–water partition coefficient (Wildman–Crippen LogP) is 9.82. The van der Waals surface area contributed by atoms with Crippen LogP contribution in [0, 0.1) is 6.07 Å². The molecule has 0 fully saturated rings. The van der Waals surface area contributed by atoms with Crippen molar-refractivity contribution < 1.29 is 49.0 Å². The molecule has 0 radical (unpaired) electrons. The van der Waals surface area contributed by atoms with Crippen LogP contribution in [0.4, 0.5) is 0 Å².